The van der Waals surface area contributed by atoms with Gasteiger partial charge in [-0.15, -0.1) is 5.10 Å². The predicted octanol–water partition coefficient (Wildman–Crippen LogP) is 2.30. The van der Waals surface area contributed by atoms with Crippen LogP contribution in [-0.2, 0) is 9.53 Å². The molecule has 0 fully saturated rings. The van der Waals surface area contributed by atoms with E-state index in [4.69, 9.17) is 16.3 Å². The van der Waals surface area contributed by atoms with E-state index >= 15 is 0 Å². The lowest BCUT2D eigenvalue weighted by Gasteiger charge is -2.10. The third-order valence-corrected chi connectivity index (χ3v) is 3.60. The molecule has 0 saturated heterocycles. The molecule has 1 aromatic heterocycles. The van der Waals surface area contributed by atoms with Gasteiger partial charge in [-0.1, -0.05) is 24.6 Å². The molecular weight excluding hydrogens is 332 g/mol. The first-order valence-corrected chi connectivity index (χ1v) is 7.95. The highest BCUT2D eigenvalue weighted by Crippen LogP contribution is 2.14. The predicted molar refractivity (Wildman–Crippen MR) is 89.3 cm³/mol. The van der Waals surface area contributed by atoms with E-state index in [-0.39, 0.29) is 24.2 Å². The Kier molecular flexibility index (Phi) is 5.92. The minimum absolute atomic E-state index is 0.0293. The molecule has 7 nitrogen and oxygen atoms in total. The van der Waals surface area contributed by atoms with Gasteiger partial charge in [0.05, 0.1) is 11.4 Å². The van der Waals surface area contributed by atoms with Crippen molar-refractivity contribution in [2.75, 3.05) is 6.61 Å². The summed E-state index contributed by atoms with van der Waals surface area (Å²) in [5.41, 5.74) is 1.09. The van der Waals surface area contributed by atoms with Gasteiger partial charge >= 0.3 is 5.97 Å². The molecular formula is C16H19ClN4O3. The molecule has 2 rings (SSSR count). The highest BCUT2D eigenvalue weighted by atomic mass is 35.5. The Morgan fingerprint density at radius 3 is 2.79 bits per heavy atom. The zero-order valence-corrected chi connectivity index (χ0v) is 14.5. The van der Waals surface area contributed by atoms with E-state index in [0.717, 1.165) is 6.42 Å². The van der Waals surface area contributed by atoms with Gasteiger partial charge in [0.1, 0.15) is 0 Å². The highest BCUT2D eigenvalue weighted by Gasteiger charge is 2.19. The minimum Gasteiger partial charge on any atom is -0.451 e. The molecule has 24 heavy (non-hydrogen) atoms. The molecule has 1 atom stereocenters. The third kappa shape index (κ3) is 4.55. The molecule has 1 heterocycles. The van der Waals surface area contributed by atoms with Crippen molar-refractivity contribution in [3.8, 4) is 5.69 Å². The van der Waals surface area contributed by atoms with Crippen molar-refractivity contribution in [3.63, 3.8) is 0 Å². The van der Waals surface area contributed by atoms with Crippen molar-refractivity contribution in [3.05, 3.63) is 40.7 Å². The molecule has 1 amide bonds. The summed E-state index contributed by atoms with van der Waals surface area (Å²) in [7, 11) is 0. The largest absolute Gasteiger partial charge is 0.451 e. The average Bonchev–Trinajstić information content (AvgIpc) is 2.94. The van der Waals surface area contributed by atoms with Gasteiger partial charge < -0.3 is 10.1 Å². The Bertz CT molecular complexity index is 745. The Hall–Kier alpha value is -2.41. The number of hydrogen-bond donors (Lipinski definition) is 1. The standard InChI is InChI=1S/C16H19ClN4O3/c1-4-10(2)18-14(22)9-24-16(23)15-11(3)19-21(20-15)13-7-5-6-12(17)8-13/h5-8,10H,4,9H2,1-3H3,(H,18,22)/t10-/m0/s1. The Morgan fingerprint density at radius 1 is 1.38 bits per heavy atom. The molecule has 8 heteroatoms. The van der Waals surface area contributed by atoms with Crippen molar-refractivity contribution < 1.29 is 14.3 Å². The van der Waals surface area contributed by atoms with E-state index in [2.05, 4.69) is 15.5 Å². The fraction of sp³-hybridized carbons (Fsp3) is 0.375. The summed E-state index contributed by atoms with van der Waals surface area (Å²) in [5.74, 6) is -1.04. The molecule has 0 aliphatic heterocycles. The summed E-state index contributed by atoms with van der Waals surface area (Å²) in [6.07, 6.45) is 0.798. The van der Waals surface area contributed by atoms with E-state index in [1.807, 2.05) is 13.8 Å². The van der Waals surface area contributed by atoms with Crippen LogP contribution in [0.25, 0.3) is 5.69 Å². The van der Waals surface area contributed by atoms with E-state index in [0.29, 0.717) is 16.4 Å². The number of carbonyl (C=O) groups excluding carboxylic acids is 2. The molecule has 128 valence electrons. The molecule has 0 spiro atoms. The van der Waals surface area contributed by atoms with Crippen LogP contribution in [0, 0.1) is 6.92 Å². The summed E-state index contributed by atoms with van der Waals surface area (Å²) in [6.45, 7) is 5.12. The second-order valence-corrected chi connectivity index (χ2v) is 5.79. The van der Waals surface area contributed by atoms with Crippen molar-refractivity contribution >= 4 is 23.5 Å². The number of carbonyl (C=O) groups is 2. The average molecular weight is 351 g/mol. The van der Waals surface area contributed by atoms with Crippen LogP contribution in [0.2, 0.25) is 5.02 Å². The topological polar surface area (TPSA) is 86.1 Å². The summed E-state index contributed by atoms with van der Waals surface area (Å²) in [4.78, 5) is 25.0. The van der Waals surface area contributed by atoms with Crippen LogP contribution in [0.5, 0.6) is 0 Å². The first kappa shape index (κ1) is 17.9. The zero-order valence-electron chi connectivity index (χ0n) is 13.7. The fourth-order valence-corrected chi connectivity index (χ4v) is 2.09. The lowest BCUT2D eigenvalue weighted by molar-refractivity contribution is -0.124. The molecule has 0 unspecified atom stereocenters. The molecule has 0 aliphatic rings. The number of ether oxygens (including phenoxy) is 1. The molecule has 1 aromatic carbocycles. The highest BCUT2D eigenvalue weighted by molar-refractivity contribution is 6.30. The van der Waals surface area contributed by atoms with Gasteiger partial charge in [0.25, 0.3) is 5.91 Å². The minimum atomic E-state index is -0.694. The number of nitrogens with one attached hydrogen (secondary N) is 1. The second-order valence-electron chi connectivity index (χ2n) is 5.36. The van der Waals surface area contributed by atoms with E-state index in [9.17, 15) is 9.59 Å². The summed E-state index contributed by atoms with van der Waals surface area (Å²) in [6, 6.07) is 6.96. The molecule has 0 saturated carbocycles. The van der Waals surface area contributed by atoms with Crippen LogP contribution >= 0.6 is 11.6 Å². The number of aromatic nitrogens is 3. The van der Waals surface area contributed by atoms with Crippen molar-refractivity contribution in [2.24, 2.45) is 0 Å². The van der Waals surface area contributed by atoms with Gasteiger partial charge in [0, 0.05) is 11.1 Å². The maximum atomic E-state index is 12.1. The van der Waals surface area contributed by atoms with Crippen molar-refractivity contribution in [1.29, 1.82) is 0 Å². The molecule has 2 aromatic rings. The van der Waals surface area contributed by atoms with Gasteiger partial charge in [-0.2, -0.15) is 9.90 Å². The van der Waals surface area contributed by atoms with Crippen molar-refractivity contribution in [1.82, 2.24) is 20.3 Å². The van der Waals surface area contributed by atoms with Gasteiger partial charge in [0.15, 0.2) is 12.3 Å². The summed E-state index contributed by atoms with van der Waals surface area (Å²) in [5, 5.41) is 11.5. The lowest BCUT2D eigenvalue weighted by atomic mass is 10.2. The van der Waals surface area contributed by atoms with E-state index < -0.39 is 5.97 Å². The van der Waals surface area contributed by atoms with Crippen LogP contribution < -0.4 is 5.32 Å². The summed E-state index contributed by atoms with van der Waals surface area (Å²) < 4.78 is 5.00. The van der Waals surface area contributed by atoms with Gasteiger partial charge in [-0.3, -0.25) is 4.79 Å². The monoisotopic (exact) mass is 350 g/mol. The molecule has 0 bridgehead atoms. The first-order valence-electron chi connectivity index (χ1n) is 7.57. The van der Waals surface area contributed by atoms with Crippen LogP contribution in [0.3, 0.4) is 0 Å². The number of benzene rings is 1. The molecule has 1 N–H and O–H groups in total. The van der Waals surface area contributed by atoms with Crippen molar-refractivity contribution in [2.45, 2.75) is 33.2 Å². The Balaban J connectivity index is 2.04. The van der Waals surface area contributed by atoms with Crippen LogP contribution in [0.4, 0.5) is 0 Å². The van der Waals surface area contributed by atoms with Crippen LogP contribution in [0.15, 0.2) is 24.3 Å². The van der Waals surface area contributed by atoms with Gasteiger partial charge in [0.2, 0.25) is 0 Å². The first-order chi connectivity index (χ1) is 11.4. The number of halogens is 1. The maximum absolute atomic E-state index is 12.1. The number of hydrogen-bond acceptors (Lipinski definition) is 5. The van der Waals surface area contributed by atoms with Gasteiger partial charge in [-0.25, -0.2) is 4.79 Å². The fourth-order valence-electron chi connectivity index (χ4n) is 1.90. The number of nitrogens with zero attached hydrogens (tertiary/aromatic N) is 3. The number of aryl methyl sites for hydroxylation is 1. The maximum Gasteiger partial charge on any atom is 0.361 e. The normalized spacial score (nSPS) is 11.8. The Morgan fingerprint density at radius 2 is 2.12 bits per heavy atom. The van der Waals surface area contributed by atoms with Crippen LogP contribution in [0.1, 0.15) is 36.5 Å². The molecule has 0 radical (unpaired) electrons. The number of rotatable bonds is 6. The smallest absolute Gasteiger partial charge is 0.361 e. The number of amides is 1. The lowest BCUT2D eigenvalue weighted by Crippen LogP contribution is -2.35. The van der Waals surface area contributed by atoms with E-state index in [1.165, 1.54) is 4.80 Å². The van der Waals surface area contributed by atoms with E-state index in [1.54, 1.807) is 31.2 Å². The second kappa shape index (κ2) is 7.92. The van der Waals surface area contributed by atoms with Gasteiger partial charge in [-0.05, 0) is 38.5 Å². The SMILES string of the molecule is CC[C@H](C)NC(=O)COC(=O)c1nn(-c2cccc(Cl)c2)nc1C. The summed E-state index contributed by atoms with van der Waals surface area (Å²) >= 11 is 5.94. The van der Waals surface area contributed by atoms with Crippen LogP contribution in [-0.4, -0.2) is 39.5 Å². The third-order valence-electron chi connectivity index (χ3n) is 3.37. The quantitative estimate of drug-likeness (QED) is 0.808. The number of esters is 1. The zero-order chi connectivity index (χ0) is 17.7. The Labute approximate surface area is 144 Å². The molecule has 0 aliphatic carbocycles.